The summed E-state index contributed by atoms with van der Waals surface area (Å²) in [5, 5.41) is 4.20. The Hall–Kier alpha value is -3.38. The van der Waals surface area contributed by atoms with Crippen LogP contribution in [0.3, 0.4) is 0 Å². The van der Waals surface area contributed by atoms with E-state index in [0.717, 1.165) is 34.9 Å². The fraction of sp³-hybridized carbons (Fsp3) is 0.417. The minimum Gasteiger partial charge on any atom is -0.489 e. The van der Waals surface area contributed by atoms with E-state index in [1.807, 2.05) is 12.1 Å². The number of hydrogen-bond acceptors (Lipinski definition) is 7. The number of amides is 1. The summed E-state index contributed by atoms with van der Waals surface area (Å²) in [5.41, 5.74) is 2.21. The molecule has 1 saturated heterocycles. The van der Waals surface area contributed by atoms with Gasteiger partial charge in [-0.3, -0.25) is 4.79 Å². The third-order valence-electron chi connectivity index (χ3n) is 6.62. The van der Waals surface area contributed by atoms with Crippen molar-refractivity contribution in [2.75, 3.05) is 38.3 Å². The number of ether oxygens (including phenoxy) is 2. The number of fused-ring (bicyclic) bond motifs is 2. The summed E-state index contributed by atoms with van der Waals surface area (Å²) in [7, 11) is -2.57. The molecule has 0 spiro atoms. The molecule has 36 heavy (non-hydrogen) atoms. The summed E-state index contributed by atoms with van der Waals surface area (Å²) < 4.78 is 55.5. The van der Waals surface area contributed by atoms with Gasteiger partial charge in [0, 0.05) is 38.4 Å². The van der Waals surface area contributed by atoms with Crippen molar-refractivity contribution in [1.82, 2.24) is 18.6 Å². The first-order chi connectivity index (χ1) is 17.3. The van der Waals surface area contributed by atoms with Gasteiger partial charge in [-0.1, -0.05) is 6.92 Å². The van der Waals surface area contributed by atoms with E-state index < -0.39 is 21.9 Å². The smallest absolute Gasteiger partial charge is 0.303 e. The maximum atomic E-state index is 14.9. The number of aromatic nitrogens is 2. The Balaban J connectivity index is 1.46. The topological polar surface area (TPSA) is 105 Å². The molecule has 0 bridgehead atoms. The highest BCUT2D eigenvalue weighted by Gasteiger charge is 2.30. The molecule has 3 aromatic rings. The Morgan fingerprint density at radius 2 is 2.06 bits per heavy atom. The summed E-state index contributed by atoms with van der Waals surface area (Å²) in [6.45, 7) is 3.51. The van der Waals surface area contributed by atoms with Gasteiger partial charge in [-0.15, -0.1) is 0 Å². The van der Waals surface area contributed by atoms with Crippen LogP contribution in [0.4, 0.5) is 10.1 Å². The van der Waals surface area contributed by atoms with Crippen molar-refractivity contribution in [3.05, 3.63) is 53.6 Å². The van der Waals surface area contributed by atoms with E-state index >= 15 is 0 Å². The van der Waals surface area contributed by atoms with Crippen molar-refractivity contribution >= 4 is 27.3 Å². The third kappa shape index (κ3) is 4.46. The Bertz CT molecular complexity index is 1410. The minimum atomic E-state index is -3.96. The highest BCUT2D eigenvalue weighted by Crippen LogP contribution is 2.41. The van der Waals surface area contributed by atoms with Crippen LogP contribution >= 0.6 is 0 Å². The normalized spacial score (nSPS) is 18.0. The molecule has 1 unspecified atom stereocenters. The van der Waals surface area contributed by atoms with Crippen molar-refractivity contribution in [3.8, 4) is 11.5 Å². The molecule has 4 heterocycles. The van der Waals surface area contributed by atoms with E-state index in [-0.39, 0.29) is 23.9 Å². The zero-order valence-corrected chi connectivity index (χ0v) is 20.9. The van der Waals surface area contributed by atoms with E-state index in [2.05, 4.69) is 14.7 Å². The van der Waals surface area contributed by atoms with Crippen LogP contribution in [0, 0.1) is 5.82 Å². The number of nitrogens with one attached hydrogen (secondary N) is 1. The molecular weight excluding hydrogens is 489 g/mol. The number of hydrogen-bond donors (Lipinski definition) is 1. The number of carbonyl (C=O) groups excluding carboxylic acids is 1. The lowest BCUT2D eigenvalue weighted by molar-refractivity contribution is 0.0981. The van der Waals surface area contributed by atoms with Gasteiger partial charge in [-0.25, -0.2) is 13.6 Å². The first kappa shape index (κ1) is 24.3. The van der Waals surface area contributed by atoms with Gasteiger partial charge in [0.25, 0.3) is 5.91 Å². The van der Waals surface area contributed by atoms with Crippen LogP contribution in [0.5, 0.6) is 11.5 Å². The molecule has 2 aliphatic heterocycles. The Labute approximate surface area is 208 Å². The lowest BCUT2D eigenvalue weighted by atomic mass is 10.0. The monoisotopic (exact) mass is 517 g/mol. The number of pyridine rings is 1. The van der Waals surface area contributed by atoms with E-state index in [1.54, 1.807) is 19.2 Å². The molecule has 5 rings (SSSR count). The van der Waals surface area contributed by atoms with Crippen LogP contribution in [0.1, 0.15) is 48.1 Å². The number of halogens is 1. The van der Waals surface area contributed by atoms with Crippen LogP contribution in [-0.4, -0.2) is 61.6 Å². The first-order valence-corrected chi connectivity index (χ1v) is 13.3. The predicted molar refractivity (Wildman–Crippen MR) is 131 cm³/mol. The Morgan fingerprint density at radius 1 is 1.25 bits per heavy atom. The molecular formula is C24H28FN5O5S. The lowest BCUT2D eigenvalue weighted by Crippen LogP contribution is -2.41. The third-order valence-corrected chi connectivity index (χ3v) is 8.14. The van der Waals surface area contributed by atoms with Crippen molar-refractivity contribution in [1.29, 1.82) is 0 Å². The molecule has 12 heteroatoms. The molecule has 192 valence electrons. The van der Waals surface area contributed by atoms with Gasteiger partial charge in [-0.2, -0.15) is 17.8 Å². The standard InChI is InChI=1S/C24H28FN5O5S/c1-3-28(2)36(32,33)27-24(31)18-15-26-30-9-7-17(14-21(18)30)29-8-4-6-20(29)16-12-19(25)23-22(13-16)34-10-5-11-35-23/h7,9,12-15,20H,3-6,8,10-11H2,1-2H3,(H,27,31). The highest BCUT2D eigenvalue weighted by atomic mass is 32.2. The van der Waals surface area contributed by atoms with E-state index in [1.165, 1.54) is 23.8 Å². The van der Waals surface area contributed by atoms with Crippen molar-refractivity contribution in [3.63, 3.8) is 0 Å². The van der Waals surface area contributed by atoms with Gasteiger partial charge < -0.3 is 14.4 Å². The second-order valence-electron chi connectivity index (χ2n) is 8.86. The predicted octanol–water partition coefficient (Wildman–Crippen LogP) is 2.90. The summed E-state index contributed by atoms with van der Waals surface area (Å²) >= 11 is 0. The van der Waals surface area contributed by atoms with Crippen LogP contribution in [0.25, 0.3) is 5.52 Å². The second kappa shape index (κ2) is 9.58. The van der Waals surface area contributed by atoms with Gasteiger partial charge in [0.05, 0.1) is 36.5 Å². The Morgan fingerprint density at radius 3 is 2.86 bits per heavy atom. The molecule has 0 aliphatic carbocycles. The average Bonchev–Trinajstić information content (AvgIpc) is 3.44. The van der Waals surface area contributed by atoms with Crippen LogP contribution in [0.15, 0.2) is 36.7 Å². The minimum absolute atomic E-state index is 0.0992. The zero-order valence-electron chi connectivity index (χ0n) is 20.1. The molecule has 1 N–H and O–H groups in total. The fourth-order valence-corrected chi connectivity index (χ4v) is 5.45. The van der Waals surface area contributed by atoms with E-state index in [0.29, 0.717) is 30.9 Å². The summed E-state index contributed by atoms with van der Waals surface area (Å²) in [5.74, 6) is -0.635. The SMILES string of the molecule is CCN(C)S(=O)(=O)NC(=O)c1cnn2ccc(N3CCCC3c3cc(F)c4c(c3)OCCCO4)cc12. The van der Waals surface area contributed by atoms with Crippen molar-refractivity contribution < 1.29 is 27.1 Å². The molecule has 1 fully saturated rings. The number of benzene rings is 1. The maximum absolute atomic E-state index is 14.9. The molecule has 1 amide bonds. The number of anilines is 1. The summed E-state index contributed by atoms with van der Waals surface area (Å²) in [6, 6.07) is 6.93. The average molecular weight is 518 g/mol. The lowest BCUT2D eigenvalue weighted by Gasteiger charge is -2.28. The first-order valence-electron chi connectivity index (χ1n) is 11.9. The number of carbonyl (C=O) groups is 1. The summed E-state index contributed by atoms with van der Waals surface area (Å²) in [6.07, 6.45) is 5.48. The highest BCUT2D eigenvalue weighted by molar-refractivity contribution is 7.87. The number of rotatable bonds is 6. The maximum Gasteiger partial charge on any atom is 0.303 e. The van der Waals surface area contributed by atoms with Crippen molar-refractivity contribution in [2.24, 2.45) is 0 Å². The molecule has 2 aliphatic rings. The molecule has 2 aromatic heterocycles. The van der Waals surface area contributed by atoms with Gasteiger partial charge in [0.15, 0.2) is 17.3 Å². The van der Waals surface area contributed by atoms with Gasteiger partial charge in [0.2, 0.25) is 0 Å². The van der Waals surface area contributed by atoms with Crippen LogP contribution < -0.4 is 19.1 Å². The zero-order chi connectivity index (χ0) is 25.4. The molecule has 0 saturated carbocycles. The molecule has 10 nitrogen and oxygen atoms in total. The summed E-state index contributed by atoms with van der Waals surface area (Å²) in [4.78, 5) is 15.0. The van der Waals surface area contributed by atoms with Gasteiger partial charge in [0.1, 0.15) is 0 Å². The van der Waals surface area contributed by atoms with Crippen LogP contribution in [-0.2, 0) is 10.2 Å². The number of nitrogens with zero attached hydrogens (tertiary/aromatic N) is 4. The molecule has 1 atom stereocenters. The van der Waals surface area contributed by atoms with Crippen LogP contribution in [0.2, 0.25) is 0 Å². The largest absolute Gasteiger partial charge is 0.489 e. The second-order valence-corrected chi connectivity index (χ2v) is 10.6. The van der Waals surface area contributed by atoms with Gasteiger partial charge in [-0.05, 0) is 42.7 Å². The molecule has 1 aromatic carbocycles. The van der Waals surface area contributed by atoms with E-state index in [4.69, 9.17) is 9.47 Å². The van der Waals surface area contributed by atoms with Crippen molar-refractivity contribution in [2.45, 2.75) is 32.2 Å². The molecule has 0 radical (unpaired) electrons. The quantitative estimate of drug-likeness (QED) is 0.536. The Kier molecular flexibility index (Phi) is 6.47. The van der Waals surface area contributed by atoms with E-state index in [9.17, 15) is 17.6 Å². The fourth-order valence-electron chi connectivity index (χ4n) is 4.61. The van der Waals surface area contributed by atoms with Gasteiger partial charge >= 0.3 is 10.2 Å².